The van der Waals surface area contributed by atoms with Crippen LogP contribution in [0.15, 0.2) is 0 Å². The molecule has 0 aliphatic rings. The number of ether oxygens (including phenoxy) is 1. The maximum absolute atomic E-state index is 12.0. The molecule has 0 spiro atoms. The lowest BCUT2D eigenvalue weighted by Crippen LogP contribution is -2.51. The van der Waals surface area contributed by atoms with E-state index >= 15 is 0 Å². The summed E-state index contributed by atoms with van der Waals surface area (Å²) in [6, 6.07) is 0. The Morgan fingerprint density at radius 1 is 1.26 bits per heavy atom. The number of carbonyl (C=O) groups excluding carboxylic acids is 2. The van der Waals surface area contributed by atoms with Gasteiger partial charge in [0.1, 0.15) is 0 Å². The van der Waals surface area contributed by atoms with Gasteiger partial charge in [-0.05, 0) is 48.0 Å². The molecule has 0 bridgehead atoms. The number of likely N-dealkylation sites (N-methyl/N-ethyl adjacent to an activating group) is 1. The standard InChI is InChI=1S/C14H28N2O3/c1-7-16(14(4,5)6)13(18)12(17)15-9-8-10-19-11(2)3/h11H,7-10H2,1-6H3,(H,15,17). The van der Waals surface area contributed by atoms with Gasteiger partial charge in [0.05, 0.1) is 6.10 Å². The zero-order valence-electron chi connectivity index (χ0n) is 13.1. The van der Waals surface area contributed by atoms with Gasteiger partial charge in [-0.2, -0.15) is 0 Å². The van der Waals surface area contributed by atoms with Gasteiger partial charge in [0.15, 0.2) is 0 Å². The highest BCUT2D eigenvalue weighted by molar-refractivity contribution is 6.35. The molecule has 0 aliphatic carbocycles. The van der Waals surface area contributed by atoms with Gasteiger partial charge < -0.3 is 15.0 Å². The van der Waals surface area contributed by atoms with Crippen molar-refractivity contribution in [2.75, 3.05) is 19.7 Å². The molecule has 5 heteroatoms. The van der Waals surface area contributed by atoms with Crippen LogP contribution in [-0.2, 0) is 14.3 Å². The Kier molecular flexibility index (Phi) is 7.68. The zero-order chi connectivity index (χ0) is 15.1. The number of carbonyl (C=O) groups is 2. The first-order chi connectivity index (χ1) is 8.70. The summed E-state index contributed by atoms with van der Waals surface area (Å²) >= 11 is 0. The number of nitrogens with one attached hydrogen (secondary N) is 1. The Morgan fingerprint density at radius 3 is 2.26 bits per heavy atom. The van der Waals surface area contributed by atoms with E-state index in [4.69, 9.17) is 4.74 Å². The number of rotatable bonds is 6. The molecule has 1 N–H and O–H groups in total. The summed E-state index contributed by atoms with van der Waals surface area (Å²) in [7, 11) is 0. The third-order valence-electron chi connectivity index (χ3n) is 2.62. The molecule has 0 rings (SSSR count). The Balaban J connectivity index is 4.10. The second-order valence-electron chi connectivity index (χ2n) is 5.75. The first-order valence-electron chi connectivity index (χ1n) is 6.91. The minimum absolute atomic E-state index is 0.189. The van der Waals surface area contributed by atoms with Crippen LogP contribution in [-0.4, -0.2) is 48.1 Å². The molecule has 0 aliphatic heterocycles. The van der Waals surface area contributed by atoms with Crippen LogP contribution in [0.5, 0.6) is 0 Å². The van der Waals surface area contributed by atoms with Crippen molar-refractivity contribution >= 4 is 11.8 Å². The van der Waals surface area contributed by atoms with Crippen LogP contribution in [0, 0.1) is 0 Å². The van der Waals surface area contributed by atoms with Gasteiger partial charge >= 0.3 is 11.8 Å². The quantitative estimate of drug-likeness (QED) is 0.590. The fourth-order valence-electron chi connectivity index (χ4n) is 1.71. The van der Waals surface area contributed by atoms with Crippen molar-refractivity contribution in [2.24, 2.45) is 0 Å². The van der Waals surface area contributed by atoms with E-state index in [1.165, 1.54) is 0 Å². The van der Waals surface area contributed by atoms with Crippen LogP contribution >= 0.6 is 0 Å². The normalized spacial score (nSPS) is 11.5. The van der Waals surface area contributed by atoms with Crippen LogP contribution in [0.2, 0.25) is 0 Å². The van der Waals surface area contributed by atoms with Crippen LogP contribution in [0.4, 0.5) is 0 Å². The molecule has 0 aromatic rings. The monoisotopic (exact) mass is 272 g/mol. The summed E-state index contributed by atoms with van der Waals surface area (Å²) in [5.74, 6) is -1.01. The van der Waals surface area contributed by atoms with E-state index < -0.39 is 11.8 Å². The second kappa shape index (κ2) is 8.15. The number of nitrogens with zero attached hydrogens (tertiary/aromatic N) is 1. The summed E-state index contributed by atoms with van der Waals surface area (Å²) in [5.41, 5.74) is -0.343. The summed E-state index contributed by atoms with van der Waals surface area (Å²) in [6.07, 6.45) is 0.896. The first-order valence-corrected chi connectivity index (χ1v) is 6.91. The lowest BCUT2D eigenvalue weighted by atomic mass is 10.1. The highest BCUT2D eigenvalue weighted by Gasteiger charge is 2.29. The predicted molar refractivity (Wildman–Crippen MR) is 75.9 cm³/mol. The predicted octanol–water partition coefficient (Wildman–Crippen LogP) is 1.56. The molecule has 0 fully saturated rings. The lowest BCUT2D eigenvalue weighted by Gasteiger charge is -2.34. The van der Waals surface area contributed by atoms with Crippen LogP contribution in [0.1, 0.15) is 48.0 Å². The molecule has 0 atom stereocenters. The average molecular weight is 272 g/mol. The van der Waals surface area contributed by atoms with Crippen molar-refractivity contribution in [1.29, 1.82) is 0 Å². The molecule has 2 amide bonds. The zero-order valence-corrected chi connectivity index (χ0v) is 13.1. The SMILES string of the molecule is CCN(C(=O)C(=O)NCCCOC(C)C)C(C)(C)C. The summed E-state index contributed by atoms with van der Waals surface area (Å²) in [6.45, 7) is 13.1. The molecule has 19 heavy (non-hydrogen) atoms. The Labute approximate surface area is 116 Å². The molecule has 112 valence electrons. The Bertz CT molecular complexity index is 296. The Morgan fingerprint density at radius 2 is 1.84 bits per heavy atom. The third-order valence-corrected chi connectivity index (χ3v) is 2.62. The molecule has 0 unspecified atom stereocenters. The van der Waals surface area contributed by atoms with E-state index in [-0.39, 0.29) is 11.6 Å². The molecule has 0 saturated heterocycles. The number of hydrogen-bond donors (Lipinski definition) is 1. The van der Waals surface area contributed by atoms with Gasteiger partial charge in [0.2, 0.25) is 0 Å². The Hall–Kier alpha value is -1.10. The molecule has 0 aromatic heterocycles. The van der Waals surface area contributed by atoms with E-state index in [0.717, 1.165) is 0 Å². The maximum atomic E-state index is 12.0. The van der Waals surface area contributed by atoms with Gasteiger partial charge in [-0.3, -0.25) is 9.59 Å². The smallest absolute Gasteiger partial charge is 0.312 e. The van der Waals surface area contributed by atoms with Crippen LogP contribution < -0.4 is 5.32 Å². The lowest BCUT2D eigenvalue weighted by molar-refractivity contribution is -0.149. The minimum Gasteiger partial charge on any atom is -0.379 e. The van der Waals surface area contributed by atoms with Crippen LogP contribution in [0.25, 0.3) is 0 Å². The maximum Gasteiger partial charge on any atom is 0.312 e. The molecular weight excluding hydrogens is 244 g/mol. The van der Waals surface area contributed by atoms with Gasteiger partial charge in [-0.1, -0.05) is 0 Å². The molecular formula is C14H28N2O3. The minimum atomic E-state index is -0.540. The van der Waals surface area contributed by atoms with Crippen LogP contribution in [0.3, 0.4) is 0 Å². The highest BCUT2D eigenvalue weighted by Crippen LogP contribution is 2.12. The number of hydrogen-bond acceptors (Lipinski definition) is 3. The van der Waals surface area contributed by atoms with Gasteiger partial charge in [-0.15, -0.1) is 0 Å². The highest BCUT2D eigenvalue weighted by atomic mass is 16.5. The fraction of sp³-hybridized carbons (Fsp3) is 0.857. The third kappa shape index (κ3) is 7.15. The fourth-order valence-corrected chi connectivity index (χ4v) is 1.71. The number of amides is 2. The van der Waals surface area contributed by atoms with E-state index in [2.05, 4.69) is 5.32 Å². The van der Waals surface area contributed by atoms with Crippen molar-refractivity contribution in [2.45, 2.75) is 59.6 Å². The van der Waals surface area contributed by atoms with Crippen molar-refractivity contribution in [3.63, 3.8) is 0 Å². The molecule has 0 aromatic carbocycles. The summed E-state index contributed by atoms with van der Waals surface area (Å²) < 4.78 is 5.36. The average Bonchev–Trinajstić information content (AvgIpc) is 2.26. The molecule has 5 nitrogen and oxygen atoms in total. The first kappa shape index (κ1) is 17.9. The second-order valence-corrected chi connectivity index (χ2v) is 5.75. The summed E-state index contributed by atoms with van der Waals surface area (Å²) in [4.78, 5) is 25.3. The summed E-state index contributed by atoms with van der Waals surface area (Å²) in [5, 5.41) is 2.63. The van der Waals surface area contributed by atoms with Gasteiger partial charge in [-0.25, -0.2) is 0 Å². The molecule has 0 heterocycles. The molecule has 0 saturated carbocycles. The van der Waals surface area contributed by atoms with Crippen molar-refractivity contribution in [3.05, 3.63) is 0 Å². The molecule has 0 radical (unpaired) electrons. The van der Waals surface area contributed by atoms with Gasteiger partial charge in [0, 0.05) is 25.2 Å². The largest absolute Gasteiger partial charge is 0.379 e. The van der Waals surface area contributed by atoms with E-state index in [1.807, 2.05) is 41.5 Å². The van der Waals surface area contributed by atoms with Crippen molar-refractivity contribution < 1.29 is 14.3 Å². The van der Waals surface area contributed by atoms with Crippen molar-refractivity contribution in [1.82, 2.24) is 10.2 Å². The van der Waals surface area contributed by atoms with Crippen molar-refractivity contribution in [3.8, 4) is 0 Å². The van der Waals surface area contributed by atoms with E-state index in [9.17, 15) is 9.59 Å². The van der Waals surface area contributed by atoms with Gasteiger partial charge in [0.25, 0.3) is 0 Å². The van der Waals surface area contributed by atoms with E-state index in [0.29, 0.717) is 26.1 Å². The van der Waals surface area contributed by atoms with E-state index in [1.54, 1.807) is 4.90 Å². The topological polar surface area (TPSA) is 58.6 Å².